The SMILES string of the molecule is Cn1cc(OP(=O)(O)O)c2c(Cl)c(Br)ccc21. The minimum atomic E-state index is -4.60. The fourth-order valence-electron chi connectivity index (χ4n) is 1.58. The van der Waals surface area contributed by atoms with Gasteiger partial charge >= 0.3 is 7.82 Å². The molecule has 5 nitrogen and oxygen atoms in total. The summed E-state index contributed by atoms with van der Waals surface area (Å²) >= 11 is 9.33. The zero-order valence-electron chi connectivity index (χ0n) is 8.59. The van der Waals surface area contributed by atoms with E-state index in [4.69, 9.17) is 21.4 Å². The largest absolute Gasteiger partial charge is 0.524 e. The third-order valence-corrected chi connectivity index (χ3v) is 3.94. The first kappa shape index (κ1) is 12.9. The average Bonchev–Trinajstić information content (AvgIpc) is 2.47. The summed E-state index contributed by atoms with van der Waals surface area (Å²) in [5, 5.41) is 0.818. The maximum atomic E-state index is 10.9. The third-order valence-electron chi connectivity index (χ3n) is 2.23. The van der Waals surface area contributed by atoms with Crippen molar-refractivity contribution in [3.8, 4) is 5.75 Å². The monoisotopic (exact) mass is 339 g/mol. The molecule has 2 aromatic rings. The van der Waals surface area contributed by atoms with Crippen LogP contribution in [0.3, 0.4) is 0 Å². The standard InChI is InChI=1S/C9H8BrClNO4P/c1-12-4-7(16-17(13,14)15)8-6(12)3-2-5(10)9(8)11/h2-4H,1H3,(H2,13,14,15). The molecule has 2 rings (SSSR count). The van der Waals surface area contributed by atoms with Crippen LogP contribution in [0.1, 0.15) is 0 Å². The van der Waals surface area contributed by atoms with Crippen molar-refractivity contribution in [1.29, 1.82) is 0 Å². The second-order valence-corrected chi connectivity index (χ2v) is 5.84. The van der Waals surface area contributed by atoms with E-state index in [2.05, 4.69) is 20.5 Å². The summed E-state index contributed by atoms with van der Waals surface area (Å²) in [5.41, 5.74) is 0.724. The van der Waals surface area contributed by atoms with E-state index in [-0.39, 0.29) is 5.75 Å². The molecule has 0 atom stereocenters. The van der Waals surface area contributed by atoms with E-state index in [0.717, 1.165) is 5.52 Å². The van der Waals surface area contributed by atoms with Crippen LogP contribution < -0.4 is 4.52 Å². The van der Waals surface area contributed by atoms with Crippen molar-refractivity contribution >= 4 is 46.3 Å². The number of rotatable bonds is 2. The van der Waals surface area contributed by atoms with Crippen LogP contribution in [-0.2, 0) is 11.6 Å². The van der Waals surface area contributed by atoms with Gasteiger partial charge in [0.15, 0.2) is 5.75 Å². The Morgan fingerprint density at radius 3 is 2.71 bits per heavy atom. The fraction of sp³-hybridized carbons (Fsp3) is 0.111. The van der Waals surface area contributed by atoms with E-state index in [9.17, 15) is 4.57 Å². The van der Waals surface area contributed by atoms with Crippen molar-refractivity contribution in [3.63, 3.8) is 0 Å². The molecule has 0 aliphatic rings. The summed E-state index contributed by atoms with van der Waals surface area (Å²) in [7, 11) is -2.87. The molecule has 0 radical (unpaired) electrons. The molecule has 0 aliphatic carbocycles. The fourth-order valence-corrected chi connectivity index (χ4v) is 2.55. The highest BCUT2D eigenvalue weighted by Crippen LogP contribution is 2.44. The van der Waals surface area contributed by atoms with Crippen LogP contribution in [0.25, 0.3) is 10.9 Å². The van der Waals surface area contributed by atoms with Crippen LogP contribution in [0, 0.1) is 0 Å². The summed E-state index contributed by atoms with van der Waals surface area (Å²) in [6, 6.07) is 3.53. The van der Waals surface area contributed by atoms with Crippen LogP contribution in [0.5, 0.6) is 5.75 Å². The van der Waals surface area contributed by atoms with Crippen molar-refractivity contribution in [3.05, 3.63) is 27.8 Å². The number of phosphoric ester groups is 1. The van der Waals surface area contributed by atoms with Gasteiger partial charge in [0.25, 0.3) is 0 Å². The molecule has 2 N–H and O–H groups in total. The average molecular weight is 340 g/mol. The molecule has 0 spiro atoms. The predicted octanol–water partition coefficient (Wildman–Crippen LogP) is 3.07. The molecular formula is C9H8BrClNO4P. The van der Waals surface area contributed by atoms with Crippen LogP contribution in [-0.4, -0.2) is 14.4 Å². The summed E-state index contributed by atoms with van der Waals surface area (Å²) in [5.74, 6) is 0.0575. The lowest BCUT2D eigenvalue weighted by molar-refractivity contribution is 0.284. The van der Waals surface area contributed by atoms with Gasteiger partial charge in [-0.05, 0) is 28.1 Å². The van der Waals surface area contributed by atoms with Gasteiger partial charge in [-0.2, -0.15) is 0 Å². The van der Waals surface area contributed by atoms with Crippen molar-refractivity contribution in [2.75, 3.05) is 0 Å². The molecule has 0 amide bonds. The summed E-state index contributed by atoms with van der Waals surface area (Å²) in [6.07, 6.45) is 1.47. The van der Waals surface area contributed by atoms with Crippen molar-refractivity contribution in [1.82, 2.24) is 4.57 Å². The van der Waals surface area contributed by atoms with Crippen molar-refractivity contribution < 1.29 is 18.9 Å². The highest BCUT2D eigenvalue weighted by molar-refractivity contribution is 9.10. The van der Waals surface area contributed by atoms with Crippen LogP contribution in [0.15, 0.2) is 22.8 Å². The Morgan fingerprint density at radius 2 is 2.12 bits per heavy atom. The first-order chi connectivity index (χ1) is 7.79. The maximum Gasteiger partial charge on any atom is 0.524 e. The molecule has 0 aliphatic heterocycles. The van der Waals surface area contributed by atoms with Crippen LogP contribution >= 0.6 is 35.4 Å². The molecule has 0 unspecified atom stereocenters. The van der Waals surface area contributed by atoms with Gasteiger partial charge in [-0.25, -0.2) is 4.57 Å². The number of hydrogen-bond donors (Lipinski definition) is 2. The van der Waals surface area contributed by atoms with Gasteiger partial charge in [0, 0.05) is 17.7 Å². The zero-order valence-corrected chi connectivity index (χ0v) is 11.8. The Kier molecular flexibility index (Phi) is 3.27. The van der Waals surface area contributed by atoms with E-state index >= 15 is 0 Å². The highest BCUT2D eigenvalue weighted by atomic mass is 79.9. The lowest BCUT2D eigenvalue weighted by Gasteiger charge is -2.06. The van der Waals surface area contributed by atoms with E-state index in [1.165, 1.54) is 6.20 Å². The second kappa shape index (κ2) is 4.30. The normalized spacial score (nSPS) is 12.1. The van der Waals surface area contributed by atoms with Gasteiger partial charge in [0.2, 0.25) is 0 Å². The minimum Gasteiger partial charge on any atom is -0.402 e. The molecule has 0 bridgehead atoms. The molecule has 1 heterocycles. The first-order valence-corrected chi connectivity index (χ1v) is 7.18. The number of aromatic nitrogens is 1. The number of phosphoric acid groups is 1. The van der Waals surface area contributed by atoms with Crippen molar-refractivity contribution in [2.24, 2.45) is 7.05 Å². The molecule has 0 fully saturated rings. The van der Waals surface area contributed by atoms with Gasteiger partial charge in [0.05, 0.1) is 15.9 Å². The molecule has 0 saturated carbocycles. The first-order valence-electron chi connectivity index (χ1n) is 4.48. The summed E-state index contributed by atoms with van der Waals surface area (Å²) in [6.45, 7) is 0. The summed E-state index contributed by atoms with van der Waals surface area (Å²) < 4.78 is 17.8. The Morgan fingerprint density at radius 1 is 1.47 bits per heavy atom. The predicted molar refractivity (Wildman–Crippen MR) is 68.3 cm³/mol. The summed E-state index contributed by atoms with van der Waals surface area (Å²) in [4.78, 5) is 17.6. The van der Waals surface area contributed by atoms with Gasteiger partial charge < -0.3 is 9.09 Å². The number of halogens is 2. The van der Waals surface area contributed by atoms with Crippen LogP contribution in [0.4, 0.5) is 0 Å². The highest BCUT2D eigenvalue weighted by Gasteiger charge is 2.21. The molecular weight excluding hydrogens is 332 g/mol. The number of hydrogen-bond acceptors (Lipinski definition) is 2. The molecule has 17 heavy (non-hydrogen) atoms. The van der Waals surface area contributed by atoms with E-state index in [1.807, 2.05) is 0 Å². The van der Waals surface area contributed by atoms with E-state index in [1.54, 1.807) is 23.7 Å². The zero-order chi connectivity index (χ0) is 12.8. The van der Waals surface area contributed by atoms with Gasteiger partial charge in [-0.15, -0.1) is 0 Å². The van der Waals surface area contributed by atoms with Crippen LogP contribution in [0.2, 0.25) is 5.02 Å². The quantitative estimate of drug-likeness (QED) is 0.824. The Bertz CT molecular complexity index is 635. The number of nitrogens with zero attached hydrogens (tertiary/aromatic N) is 1. The minimum absolute atomic E-state index is 0.0575. The van der Waals surface area contributed by atoms with Gasteiger partial charge in [0.1, 0.15) is 0 Å². The third kappa shape index (κ3) is 2.51. The number of fused-ring (bicyclic) bond motifs is 1. The van der Waals surface area contributed by atoms with Crippen molar-refractivity contribution in [2.45, 2.75) is 0 Å². The van der Waals surface area contributed by atoms with Gasteiger partial charge in [-0.3, -0.25) is 9.79 Å². The van der Waals surface area contributed by atoms with E-state index < -0.39 is 7.82 Å². The maximum absolute atomic E-state index is 10.9. The molecule has 92 valence electrons. The topological polar surface area (TPSA) is 71.7 Å². The number of aryl methyl sites for hydroxylation is 1. The number of benzene rings is 1. The molecule has 8 heteroatoms. The van der Waals surface area contributed by atoms with E-state index in [0.29, 0.717) is 14.9 Å². The smallest absolute Gasteiger partial charge is 0.402 e. The lowest BCUT2D eigenvalue weighted by Crippen LogP contribution is -1.89. The molecule has 0 saturated heterocycles. The molecule has 1 aromatic heterocycles. The molecule has 1 aromatic carbocycles. The van der Waals surface area contributed by atoms with Gasteiger partial charge in [-0.1, -0.05) is 11.6 Å². The second-order valence-electron chi connectivity index (χ2n) is 3.44. The Balaban J connectivity index is 2.72. The Labute approximate surface area is 110 Å². The Hall–Kier alpha value is -0.520. The lowest BCUT2D eigenvalue weighted by atomic mass is 10.2.